The minimum atomic E-state index is -0.219. The molecular weight excluding hydrogens is 355 g/mol. The number of rotatable bonds is 4. The molecule has 132 valence electrons. The van der Waals surface area contributed by atoms with Crippen LogP contribution in [0.4, 0.5) is 10.1 Å². The minimum absolute atomic E-state index is 0.219. The number of para-hydroxylation sites is 1. The van der Waals surface area contributed by atoms with Crippen LogP contribution >= 0.6 is 23.8 Å². The number of hydrogen-bond donors (Lipinski definition) is 1. The van der Waals surface area contributed by atoms with Crippen LogP contribution in [0.5, 0.6) is 0 Å². The van der Waals surface area contributed by atoms with Crippen LogP contribution in [0.1, 0.15) is 36.8 Å². The van der Waals surface area contributed by atoms with Gasteiger partial charge in [0.2, 0.25) is 0 Å². The van der Waals surface area contributed by atoms with Gasteiger partial charge in [0, 0.05) is 12.6 Å². The lowest BCUT2D eigenvalue weighted by Crippen LogP contribution is -2.41. The number of nitrogens with one attached hydrogen (secondary N) is 1. The van der Waals surface area contributed by atoms with Gasteiger partial charge in [0.25, 0.3) is 0 Å². The first-order valence-corrected chi connectivity index (χ1v) is 9.40. The number of benzene rings is 2. The van der Waals surface area contributed by atoms with Gasteiger partial charge in [-0.3, -0.25) is 0 Å². The highest BCUT2D eigenvalue weighted by atomic mass is 35.5. The molecule has 2 nitrogen and oxygen atoms in total. The third-order valence-corrected chi connectivity index (χ3v) is 5.40. The molecule has 1 fully saturated rings. The van der Waals surface area contributed by atoms with Crippen molar-refractivity contribution >= 4 is 34.6 Å². The van der Waals surface area contributed by atoms with Crippen molar-refractivity contribution in [3.63, 3.8) is 0 Å². The van der Waals surface area contributed by atoms with Crippen molar-refractivity contribution in [1.82, 2.24) is 4.90 Å². The summed E-state index contributed by atoms with van der Waals surface area (Å²) < 4.78 is 13.2. The van der Waals surface area contributed by atoms with Crippen LogP contribution in [0.15, 0.2) is 42.5 Å². The molecule has 1 aliphatic carbocycles. The second-order valence-electron chi connectivity index (χ2n) is 6.55. The molecule has 0 unspecified atom stereocenters. The van der Waals surface area contributed by atoms with E-state index in [-0.39, 0.29) is 5.82 Å². The molecule has 0 heterocycles. The van der Waals surface area contributed by atoms with Crippen molar-refractivity contribution in [2.75, 3.05) is 5.32 Å². The number of hydrogen-bond acceptors (Lipinski definition) is 1. The summed E-state index contributed by atoms with van der Waals surface area (Å²) in [6.07, 6.45) is 4.70. The highest BCUT2D eigenvalue weighted by Crippen LogP contribution is 2.29. The zero-order chi connectivity index (χ0) is 17.8. The standard InChI is InChI=1S/C20H22ClFN2S/c1-14-5-4-8-18(21)19(14)23-20(25)24(17-6-2-3-7-17)13-15-9-11-16(22)12-10-15/h4-5,8-12,17H,2-3,6-7,13H2,1H3,(H,23,25). The second kappa shape index (κ2) is 8.15. The Morgan fingerprint density at radius 3 is 2.52 bits per heavy atom. The molecule has 0 aliphatic heterocycles. The van der Waals surface area contributed by atoms with Crippen molar-refractivity contribution in [3.05, 3.63) is 64.4 Å². The van der Waals surface area contributed by atoms with E-state index >= 15 is 0 Å². The topological polar surface area (TPSA) is 15.3 Å². The maximum Gasteiger partial charge on any atom is 0.174 e. The van der Waals surface area contributed by atoms with E-state index in [0.717, 1.165) is 29.7 Å². The predicted molar refractivity (Wildman–Crippen MR) is 107 cm³/mol. The molecule has 0 saturated heterocycles. The van der Waals surface area contributed by atoms with Gasteiger partial charge in [-0.1, -0.05) is 48.7 Å². The lowest BCUT2D eigenvalue weighted by Gasteiger charge is -2.32. The van der Waals surface area contributed by atoms with E-state index in [1.54, 1.807) is 0 Å². The number of halogens is 2. The Bertz CT molecular complexity index is 722. The third-order valence-electron chi connectivity index (χ3n) is 4.75. The fourth-order valence-electron chi connectivity index (χ4n) is 3.34. The summed E-state index contributed by atoms with van der Waals surface area (Å²) in [7, 11) is 0. The number of thiocarbonyl (C=S) groups is 1. The van der Waals surface area contributed by atoms with Crippen molar-refractivity contribution in [1.29, 1.82) is 0 Å². The van der Waals surface area contributed by atoms with Gasteiger partial charge in [-0.2, -0.15) is 0 Å². The summed E-state index contributed by atoms with van der Waals surface area (Å²) in [6.45, 7) is 2.68. The number of aryl methyl sites for hydroxylation is 1. The Labute approximate surface area is 159 Å². The summed E-state index contributed by atoms with van der Waals surface area (Å²) in [5.74, 6) is -0.219. The molecule has 0 bridgehead atoms. The molecular formula is C20H22ClFN2S. The van der Waals surface area contributed by atoms with Gasteiger partial charge in [-0.15, -0.1) is 0 Å². The smallest absolute Gasteiger partial charge is 0.174 e. The Morgan fingerprint density at radius 2 is 1.88 bits per heavy atom. The largest absolute Gasteiger partial charge is 0.342 e. The Kier molecular flexibility index (Phi) is 5.92. The number of anilines is 1. The van der Waals surface area contributed by atoms with Gasteiger partial charge >= 0.3 is 0 Å². The lowest BCUT2D eigenvalue weighted by atomic mass is 10.1. The first-order chi connectivity index (χ1) is 12.0. The van der Waals surface area contributed by atoms with Crippen LogP contribution in [-0.4, -0.2) is 16.1 Å². The van der Waals surface area contributed by atoms with Crippen LogP contribution in [0, 0.1) is 12.7 Å². The quantitative estimate of drug-likeness (QED) is 0.666. The summed E-state index contributed by atoms with van der Waals surface area (Å²) in [5, 5.41) is 4.67. The number of nitrogens with zero attached hydrogens (tertiary/aromatic N) is 1. The molecule has 0 amide bonds. The SMILES string of the molecule is Cc1cccc(Cl)c1NC(=S)N(Cc1ccc(F)cc1)C1CCCC1. The van der Waals surface area contributed by atoms with Gasteiger partial charge in [0.05, 0.1) is 10.7 Å². The highest BCUT2D eigenvalue weighted by Gasteiger charge is 2.25. The van der Waals surface area contributed by atoms with Crippen LogP contribution < -0.4 is 5.32 Å². The van der Waals surface area contributed by atoms with Gasteiger partial charge in [-0.05, 0) is 61.3 Å². The van der Waals surface area contributed by atoms with E-state index < -0.39 is 0 Å². The average molecular weight is 377 g/mol. The fourth-order valence-corrected chi connectivity index (χ4v) is 3.92. The Hall–Kier alpha value is -1.65. The summed E-state index contributed by atoms with van der Waals surface area (Å²) in [4.78, 5) is 2.22. The molecule has 1 saturated carbocycles. The first-order valence-electron chi connectivity index (χ1n) is 8.62. The van der Waals surface area contributed by atoms with E-state index in [2.05, 4.69) is 10.2 Å². The van der Waals surface area contributed by atoms with Gasteiger partial charge < -0.3 is 10.2 Å². The molecule has 2 aromatic rings. The van der Waals surface area contributed by atoms with Gasteiger partial charge in [0.1, 0.15) is 5.82 Å². The highest BCUT2D eigenvalue weighted by molar-refractivity contribution is 7.80. The molecule has 0 radical (unpaired) electrons. The van der Waals surface area contributed by atoms with Crippen LogP contribution in [0.25, 0.3) is 0 Å². The van der Waals surface area contributed by atoms with Crippen LogP contribution in [0.3, 0.4) is 0 Å². The molecule has 3 rings (SSSR count). The van der Waals surface area contributed by atoms with Crippen molar-refractivity contribution in [2.24, 2.45) is 0 Å². The second-order valence-corrected chi connectivity index (χ2v) is 7.35. The van der Waals surface area contributed by atoms with Crippen molar-refractivity contribution in [3.8, 4) is 0 Å². The summed E-state index contributed by atoms with van der Waals surface area (Å²) >= 11 is 12.1. The minimum Gasteiger partial charge on any atom is -0.342 e. The lowest BCUT2D eigenvalue weighted by molar-refractivity contribution is 0.312. The maximum atomic E-state index is 13.2. The van der Waals surface area contributed by atoms with E-state index in [1.165, 1.54) is 25.0 Å². The summed E-state index contributed by atoms with van der Waals surface area (Å²) in [5.41, 5.74) is 2.97. The predicted octanol–water partition coefficient (Wildman–Crippen LogP) is 5.93. The Morgan fingerprint density at radius 1 is 1.20 bits per heavy atom. The van der Waals surface area contributed by atoms with Gasteiger partial charge in [-0.25, -0.2) is 4.39 Å². The van der Waals surface area contributed by atoms with Gasteiger partial charge in [0.15, 0.2) is 5.11 Å². The molecule has 1 N–H and O–H groups in total. The zero-order valence-electron chi connectivity index (χ0n) is 14.3. The van der Waals surface area contributed by atoms with E-state index in [9.17, 15) is 4.39 Å². The first kappa shape index (κ1) is 18.2. The normalized spacial score (nSPS) is 14.5. The zero-order valence-corrected chi connectivity index (χ0v) is 15.8. The van der Waals surface area contributed by atoms with Crippen LogP contribution in [0.2, 0.25) is 5.02 Å². The monoisotopic (exact) mass is 376 g/mol. The van der Waals surface area contributed by atoms with Crippen LogP contribution in [-0.2, 0) is 6.54 Å². The molecule has 2 aromatic carbocycles. The molecule has 0 aromatic heterocycles. The summed E-state index contributed by atoms with van der Waals surface area (Å²) in [6, 6.07) is 12.8. The fraction of sp³-hybridized carbons (Fsp3) is 0.350. The maximum absolute atomic E-state index is 13.2. The van der Waals surface area contributed by atoms with Crippen molar-refractivity contribution in [2.45, 2.75) is 45.2 Å². The molecule has 0 spiro atoms. The molecule has 25 heavy (non-hydrogen) atoms. The molecule has 5 heteroatoms. The van der Waals surface area contributed by atoms with Crippen molar-refractivity contribution < 1.29 is 4.39 Å². The Balaban J connectivity index is 1.80. The third kappa shape index (κ3) is 4.50. The van der Waals surface area contributed by atoms with E-state index in [4.69, 9.17) is 23.8 Å². The van der Waals surface area contributed by atoms with E-state index in [1.807, 2.05) is 37.3 Å². The molecule has 1 aliphatic rings. The average Bonchev–Trinajstić information content (AvgIpc) is 3.12. The molecule has 0 atom stereocenters. The van der Waals surface area contributed by atoms with E-state index in [0.29, 0.717) is 22.7 Å².